The molecule has 1 aliphatic heterocycles. The Morgan fingerprint density at radius 2 is 2.00 bits per heavy atom. The Labute approximate surface area is 176 Å². The van der Waals surface area contributed by atoms with Crippen LogP contribution in [0.3, 0.4) is 0 Å². The van der Waals surface area contributed by atoms with Crippen molar-refractivity contribution in [2.75, 3.05) is 40.3 Å². The van der Waals surface area contributed by atoms with Gasteiger partial charge in [0, 0.05) is 44.7 Å². The zero-order valence-corrected chi connectivity index (χ0v) is 18.5. The van der Waals surface area contributed by atoms with Crippen molar-refractivity contribution in [3.05, 3.63) is 42.0 Å². The maximum Gasteiger partial charge on any atom is 0.191 e. The van der Waals surface area contributed by atoms with Crippen molar-refractivity contribution < 1.29 is 4.74 Å². The normalized spacial score (nSPS) is 20.4. The van der Waals surface area contributed by atoms with Crippen LogP contribution in [-0.4, -0.2) is 57.2 Å². The summed E-state index contributed by atoms with van der Waals surface area (Å²) in [5, 5.41) is 7.31. The molecule has 2 aliphatic rings. The van der Waals surface area contributed by atoms with Crippen LogP contribution in [0.5, 0.6) is 5.75 Å². The molecule has 0 unspecified atom stereocenters. The molecule has 1 aromatic rings. The second kappa shape index (κ2) is 10.1. The number of hydrogen-bond acceptors (Lipinski definition) is 3. The molecule has 5 heteroatoms. The van der Waals surface area contributed by atoms with Gasteiger partial charge in [-0.15, -0.1) is 0 Å². The van der Waals surface area contributed by atoms with Gasteiger partial charge in [0.25, 0.3) is 0 Å². The summed E-state index contributed by atoms with van der Waals surface area (Å²) in [5.41, 5.74) is 2.79. The highest BCUT2D eigenvalue weighted by molar-refractivity contribution is 5.80. The summed E-state index contributed by atoms with van der Waals surface area (Å²) < 4.78 is 5.47. The molecule has 5 nitrogen and oxygen atoms in total. The lowest BCUT2D eigenvalue weighted by Crippen LogP contribution is -2.51. The van der Waals surface area contributed by atoms with Gasteiger partial charge in [-0.25, -0.2) is 0 Å². The zero-order valence-electron chi connectivity index (χ0n) is 18.5. The Morgan fingerprint density at radius 3 is 2.62 bits per heavy atom. The van der Waals surface area contributed by atoms with E-state index in [0.29, 0.717) is 6.04 Å². The van der Waals surface area contributed by atoms with Crippen LogP contribution in [0.15, 0.2) is 41.4 Å². The smallest absolute Gasteiger partial charge is 0.191 e. The number of aliphatic imine (C=N–C) groups is 1. The zero-order chi connectivity index (χ0) is 20.7. The molecule has 2 N–H and O–H groups in total. The third kappa shape index (κ3) is 5.75. The van der Waals surface area contributed by atoms with Gasteiger partial charge in [-0.3, -0.25) is 9.89 Å². The van der Waals surface area contributed by atoms with Gasteiger partial charge in [0.2, 0.25) is 0 Å². The van der Waals surface area contributed by atoms with Gasteiger partial charge < -0.3 is 15.4 Å². The molecule has 0 bridgehead atoms. The van der Waals surface area contributed by atoms with Gasteiger partial charge in [0.05, 0.1) is 7.11 Å². The van der Waals surface area contributed by atoms with Crippen LogP contribution in [0.2, 0.25) is 0 Å². The first-order valence-electron chi connectivity index (χ1n) is 11.0. The molecule has 2 fully saturated rings. The molecule has 0 amide bonds. The first-order valence-corrected chi connectivity index (χ1v) is 11.0. The van der Waals surface area contributed by atoms with E-state index in [9.17, 15) is 0 Å². The summed E-state index contributed by atoms with van der Waals surface area (Å²) in [4.78, 5) is 7.00. The molecule has 0 spiro atoms. The topological polar surface area (TPSA) is 48.9 Å². The van der Waals surface area contributed by atoms with Crippen LogP contribution in [0.25, 0.3) is 0 Å². The summed E-state index contributed by atoms with van der Waals surface area (Å²) in [6.45, 7) is 10.3. The van der Waals surface area contributed by atoms with Crippen molar-refractivity contribution in [1.29, 1.82) is 0 Å². The van der Waals surface area contributed by atoms with E-state index in [2.05, 4.69) is 52.2 Å². The van der Waals surface area contributed by atoms with E-state index in [4.69, 9.17) is 4.74 Å². The van der Waals surface area contributed by atoms with Crippen LogP contribution in [0.1, 0.15) is 51.0 Å². The fraction of sp³-hybridized carbons (Fsp3) is 0.625. The number of rotatable bonds is 7. The molecule has 0 radical (unpaired) electrons. The van der Waals surface area contributed by atoms with Crippen LogP contribution in [0.4, 0.5) is 0 Å². The molecular weight excluding hydrogens is 360 g/mol. The third-order valence-electron chi connectivity index (χ3n) is 6.48. The number of likely N-dealkylation sites (tertiary alicyclic amines) is 1. The first kappa shape index (κ1) is 21.7. The lowest BCUT2D eigenvalue weighted by molar-refractivity contribution is 0.221. The van der Waals surface area contributed by atoms with Crippen molar-refractivity contribution in [2.24, 2.45) is 4.99 Å². The summed E-state index contributed by atoms with van der Waals surface area (Å²) >= 11 is 0. The number of ether oxygens (including phenoxy) is 1. The number of nitrogens with one attached hydrogen (secondary N) is 2. The Bertz CT molecular complexity index is 701. The fourth-order valence-corrected chi connectivity index (χ4v) is 4.83. The quantitative estimate of drug-likeness (QED) is 0.418. The molecule has 1 aromatic carbocycles. The Morgan fingerprint density at radius 1 is 1.28 bits per heavy atom. The van der Waals surface area contributed by atoms with Gasteiger partial charge in [0.15, 0.2) is 5.96 Å². The molecule has 3 rings (SSSR count). The largest absolute Gasteiger partial charge is 0.497 e. The lowest BCUT2D eigenvalue weighted by atomic mass is 9.78. The average Bonchev–Trinajstić information content (AvgIpc) is 3.22. The molecule has 1 aliphatic carbocycles. The maximum atomic E-state index is 5.47. The highest BCUT2D eigenvalue weighted by Gasteiger charge is 2.36. The number of benzene rings is 1. The Hall–Kier alpha value is -2.01. The van der Waals surface area contributed by atoms with E-state index in [1.54, 1.807) is 7.11 Å². The van der Waals surface area contributed by atoms with Gasteiger partial charge in [-0.1, -0.05) is 37.1 Å². The molecular formula is C24H38N4O. The van der Waals surface area contributed by atoms with E-state index in [0.717, 1.165) is 50.7 Å². The van der Waals surface area contributed by atoms with Crippen LogP contribution in [-0.2, 0) is 5.41 Å². The number of piperidine rings is 1. The van der Waals surface area contributed by atoms with Crippen molar-refractivity contribution in [1.82, 2.24) is 15.5 Å². The van der Waals surface area contributed by atoms with E-state index < -0.39 is 0 Å². The minimum absolute atomic E-state index is 0.164. The number of nitrogens with zero attached hydrogens (tertiary/aromatic N) is 2. The number of guanidine groups is 1. The predicted molar refractivity (Wildman–Crippen MR) is 122 cm³/mol. The highest BCUT2D eigenvalue weighted by atomic mass is 16.5. The Kier molecular flexibility index (Phi) is 7.59. The summed E-state index contributed by atoms with van der Waals surface area (Å²) in [6, 6.07) is 9.09. The van der Waals surface area contributed by atoms with Crippen LogP contribution < -0.4 is 15.4 Å². The summed E-state index contributed by atoms with van der Waals surface area (Å²) in [7, 11) is 3.62. The number of hydrogen-bond donors (Lipinski definition) is 2. The minimum Gasteiger partial charge on any atom is -0.497 e. The second-order valence-electron chi connectivity index (χ2n) is 8.80. The van der Waals surface area contributed by atoms with Crippen molar-refractivity contribution >= 4 is 5.96 Å². The first-order chi connectivity index (χ1) is 14.0. The lowest BCUT2D eigenvalue weighted by Gasteiger charge is -2.34. The molecule has 1 saturated carbocycles. The van der Waals surface area contributed by atoms with E-state index in [-0.39, 0.29) is 5.41 Å². The average molecular weight is 399 g/mol. The van der Waals surface area contributed by atoms with Crippen molar-refractivity contribution in [3.63, 3.8) is 0 Å². The monoisotopic (exact) mass is 398 g/mol. The minimum atomic E-state index is 0.164. The molecule has 29 heavy (non-hydrogen) atoms. The Balaban J connectivity index is 1.57. The molecule has 0 aromatic heterocycles. The predicted octanol–water partition coefficient (Wildman–Crippen LogP) is 3.71. The summed E-state index contributed by atoms with van der Waals surface area (Å²) in [5.74, 6) is 1.87. The van der Waals surface area contributed by atoms with E-state index in [1.165, 1.54) is 36.8 Å². The van der Waals surface area contributed by atoms with Crippen LogP contribution in [0, 0.1) is 0 Å². The standard InChI is InChI=1S/C24H38N4O/c1-19(2)17-28-14-10-21(11-15-28)27-23(25-3)26-18-24(12-5-6-13-24)20-8-7-9-22(16-20)29-4/h7-9,16,21H,1,5-6,10-15,17-18H2,2-4H3,(H2,25,26,27). The molecule has 1 heterocycles. The van der Waals surface area contributed by atoms with Crippen molar-refractivity contribution in [3.8, 4) is 5.75 Å². The second-order valence-corrected chi connectivity index (χ2v) is 8.80. The van der Waals surface area contributed by atoms with E-state index in [1.807, 2.05) is 13.1 Å². The van der Waals surface area contributed by atoms with Gasteiger partial charge in [-0.2, -0.15) is 0 Å². The highest BCUT2D eigenvalue weighted by Crippen LogP contribution is 2.41. The fourth-order valence-electron chi connectivity index (χ4n) is 4.83. The molecule has 160 valence electrons. The maximum absolute atomic E-state index is 5.47. The van der Waals surface area contributed by atoms with Crippen LogP contribution >= 0.6 is 0 Å². The number of methoxy groups -OCH3 is 1. The molecule has 0 atom stereocenters. The third-order valence-corrected chi connectivity index (χ3v) is 6.48. The van der Waals surface area contributed by atoms with Crippen molar-refractivity contribution in [2.45, 2.75) is 56.9 Å². The van der Waals surface area contributed by atoms with Gasteiger partial charge >= 0.3 is 0 Å². The van der Waals surface area contributed by atoms with Gasteiger partial charge in [-0.05, 0) is 50.3 Å². The van der Waals surface area contributed by atoms with Gasteiger partial charge in [0.1, 0.15) is 5.75 Å². The SMILES string of the molecule is C=C(C)CN1CCC(NC(=NC)NCC2(c3cccc(OC)c3)CCCC2)CC1. The summed E-state index contributed by atoms with van der Waals surface area (Å²) in [6.07, 6.45) is 7.29. The molecule has 1 saturated heterocycles. The van der Waals surface area contributed by atoms with E-state index >= 15 is 0 Å².